The minimum absolute atomic E-state index is 0.202. The highest BCUT2D eigenvalue weighted by atomic mass is 32.2. The van der Waals surface area contributed by atoms with Crippen LogP contribution in [0.15, 0.2) is 23.1 Å². The molecule has 1 amide bonds. The summed E-state index contributed by atoms with van der Waals surface area (Å²) in [5, 5.41) is 9.11. The van der Waals surface area contributed by atoms with Gasteiger partial charge in [-0.3, -0.25) is 4.79 Å². The predicted molar refractivity (Wildman–Crippen MR) is 71.1 cm³/mol. The molecule has 1 atom stereocenters. The molecule has 1 aliphatic heterocycles. The number of anilines is 1. The van der Waals surface area contributed by atoms with E-state index in [2.05, 4.69) is 0 Å². The van der Waals surface area contributed by atoms with Gasteiger partial charge < -0.3 is 10.0 Å². The summed E-state index contributed by atoms with van der Waals surface area (Å²) in [4.78, 5) is 25.1. The second-order valence-corrected chi connectivity index (χ2v) is 5.75. The lowest BCUT2D eigenvalue weighted by Gasteiger charge is -2.33. The van der Waals surface area contributed by atoms with Crippen molar-refractivity contribution in [2.75, 3.05) is 11.4 Å². The van der Waals surface area contributed by atoms with E-state index < -0.39 is 11.9 Å². The molecule has 0 saturated heterocycles. The standard InChI is InChI=1S/C13H15NO3S/c1-3-9-5-4-6-10-11(9)14(7-8(2)18-10)12(15)13(16)17/h4-6,8H,3,7H2,1-2H3,(H,16,17). The number of carboxylic acids is 1. The lowest BCUT2D eigenvalue weighted by molar-refractivity contribution is -0.148. The van der Waals surface area contributed by atoms with E-state index >= 15 is 0 Å². The largest absolute Gasteiger partial charge is 0.474 e. The van der Waals surface area contributed by atoms with Crippen molar-refractivity contribution in [2.45, 2.75) is 30.4 Å². The maximum Gasteiger partial charge on any atom is 0.394 e. The first kappa shape index (κ1) is 13.0. The second-order valence-electron chi connectivity index (χ2n) is 4.27. The number of amides is 1. The number of carboxylic acid groups (broad SMARTS) is 1. The molecular weight excluding hydrogens is 250 g/mol. The molecule has 4 nitrogen and oxygen atoms in total. The quantitative estimate of drug-likeness (QED) is 0.791. The van der Waals surface area contributed by atoms with Gasteiger partial charge in [0.1, 0.15) is 0 Å². The number of carbonyl (C=O) groups excluding carboxylic acids is 1. The van der Waals surface area contributed by atoms with Crippen molar-refractivity contribution in [2.24, 2.45) is 0 Å². The van der Waals surface area contributed by atoms with Gasteiger partial charge in [-0.25, -0.2) is 4.79 Å². The van der Waals surface area contributed by atoms with E-state index in [0.29, 0.717) is 6.54 Å². The van der Waals surface area contributed by atoms with E-state index in [1.54, 1.807) is 11.8 Å². The number of benzene rings is 1. The normalized spacial score (nSPS) is 18.3. The van der Waals surface area contributed by atoms with Crippen LogP contribution in [0.4, 0.5) is 5.69 Å². The zero-order valence-corrected chi connectivity index (χ0v) is 11.2. The molecule has 1 N–H and O–H groups in total. The summed E-state index contributed by atoms with van der Waals surface area (Å²) in [7, 11) is 0. The Morgan fingerprint density at radius 2 is 2.22 bits per heavy atom. The predicted octanol–water partition coefficient (Wildman–Crippen LogP) is 2.16. The van der Waals surface area contributed by atoms with Crippen LogP contribution in [-0.2, 0) is 16.0 Å². The van der Waals surface area contributed by atoms with Crippen molar-refractivity contribution >= 4 is 29.3 Å². The monoisotopic (exact) mass is 265 g/mol. The van der Waals surface area contributed by atoms with E-state index in [4.69, 9.17) is 5.11 Å². The van der Waals surface area contributed by atoms with Crippen LogP contribution >= 0.6 is 11.8 Å². The van der Waals surface area contributed by atoms with Crippen LogP contribution in [-0.4, -0.2) is 28.8 Å². The number of para-hydroxylation sites is 1. The number of nitrogens with zero attached hydrogens (tertiary/aromatic N) is 1. The highest BCUT2D eigenvalue weighted by molar-refractivity contribution is 8.00. The van der Waals surface area contributed by atoms with E-state index in [9.17, 15) is 9.59 Å². The molecule has 1 unspecified atom stereocenters. The number of aliphatic carboxylic acids is 1. The van der Waals surface area contributed by atoms with Crippen LogP contribution in [0.1, 0.15) is 19.4 Å². The van der Waals surface area contributed by atoms with Gasteiger partial charge in [-0.05, 0) is 18.1 Å². The van der Waals surface area contributed by atoms with Crippen LogP contribution in [0.5, 0.6) is 0 Å². The molecule has 0 saturated carbocycles. The van der Waals surface area contributed by atoms with Crippen molar-refractivity contribution in [3.63, 3.8) is 0 Å². The molecule has 0 aliphatic carbocycles. The molecule has 96 valence electrons. The number of rotatable bonds is 1. The summed E-state index contributed by atoms with van der Waals surface area (Å²) in [6.07, 6.45) is 0.779. The number of hydrogen-bond donors (Lipinski definition) is 1. The van der Waals surface area contributed by atoms with E-state index in [-0.39, 0.29) is 5.25 Å². The van der Waals surface area contributed by atoms with Crippen molar-refractivity contribution in [3.8, 4) is 0 Å². The first-order chi connectivity index (χ1) is 8.54. The fourth-order valence-corrected chi connectivity index (χ4v) is 3.32. The van der Waals surface area contributed by atoms with Gasteiger partial charge in [0.05, 0.1) is 5.69 Å². The molecule has 1 aromatic rings. The Bertz CT molecular complexity index is 501. The zero-order valence-electron chi connectivity index (χ0n) is 10.3. The summed E-state index contributed by atoms with van der Waals surface area (Å²) >= 11 is 1.69. The highest BCUT2D eigenvalue weighted by Gasteiger charge is 2.31. The lowest BCUT2D eigenvalue weighted by Crippen LogP contribution is -2.42. The van der Waals surface area contributed by atoms with E-state index in [1.165, 1.54) is 4.90 Å². The number of carbonyl (C=O) groups is 2. The molecule has 1 heterocycles. The van der Waals surface area contributed by atoms with Crippen LogP contribution in [0, 0.1) is 0 Å². The van der Waals surface area contributed by atoms with Crippen molar-refractivity contribution < 1.29 is 14.7 Å². The van der Waals surface area contributed by atoms with Crippen molar-refractivity contribution in [1.29, 1.82) is 0 Å². The number of hydrogen-bond acceptors (Lipinski definition) is 3. The van der Waals surface area contributed by atoms with Crippen LogP contribution in [0.3, 0.4) is 0 Å². The van der Waals surface area contributed by atoms with E-state index in [1.807, 2.05) is 32.0 Å². The maximum atomic E-state index is 11.8. The Kier molecular flexibility index (Phi) is 3.61. The molecule has 5 heteroatoms. The second kappa shape index (κ2) is 5.02. The van der Waals surface area contributed by atoms with Crippen molar-refractivity contribution in [3.05, 3.63) is 23.8 Å². The Morgan fingerprint density at radius 1 is 1.50 bits per heavy atom. The van der Waals surface area contributed by atoms with Crippen LogP contribution < -0.4 is 4.90 Å². The van der Waals surface area contributed by atoms with Crippen molar-refractivity contribution in [1.82, 2.24) is 0 Å². The fourth-order valence-electron chi connectivity index (χ4n) is 2.16. The third-order valence-corrected chi connectivity index (χ3v) is 4.06. The molecule has 0 fully saturated rings. The van der Waals surface area contributed by atoms with Gasteiger partial charge in [-0.15, -0.1) is 11.8 Å². The van der Waals surface area contributed by atoms with E-state index in [0.717, 1.165) is 22.6 Å². The first-order valence-corrected chi connectivity index (χ1v) is 6.76. The van der Waals surface area contributed by atoms with Gasteiger partial charge >= 0.3 is 11.9 Å². The number of thioether (sulfide) groups is 1. The molecule has 18 heavy (non-hydrogen) atoms. The lowest BCUT2D eigenvalue weighted by atomic mass is 10.1. The molecule has 1 aliphatic rings. The SMILES string of the molecule is CCc1cccc2c1N(C(=O)C(=O)O)CC(C)S2. The Labute approximate surface area is 110 Å². The van der Waals surface area contributed by atoms with Gasteiger partial charge in [0.2, 0.25) is 0 Å². The summed E-state index contributed by atoms with van der Waals surface area (Å²) in [6, 6.07) is 5.83. The summed E-state index contributed by atoms with van der Waals surface area (Å²) in [6.45, 7) is 4.44. The van der Waals surface area contributed by atoms with Gasteiger partial charge in [-0.2, -0.15) is 0 Å². The third kappa shape index (κ3) is 2.22. The summed E-state index contributed by atoms with van der Waals surface area (Å²) in [5.74, 6) is -2.24. The highest BCUT2D eigenvalue weighted by Crippen LogP contribution is 2.40. The molecule has 2 rings (SSSR count). The van der Waals surface area contributed by atoms with Crippen LogP contribution in [0.2, 0.25) is 0 Å². The maximum absolute atomic E-state index is 11.8. The van der Waals surface area contributed by atoms with Gasteiger partial charge in [0, 0.05) is 16.7 Å². The molecule has 0 bridgehead atoms. The summed E-state index contributed by atoms with van der Waals surface area (Å²) in [5.41, 5.74) is 1.79. The molecule has 0 aromatic heterocycles. The Hall–Kier alpha value is -1.49. The Morgan fingerprint density at radius 3 is 2.83 bits per heavy atom. The molecular formula is C13H15NO3S. The topological polar surface area (TPSA) is 57.6 Å². The Balaban J connectivity index is 2.52. The average Bonchev–Trinajstić information content (AvgIpc) is 2.35. The minimum Gasteiger partial charge on any atom is -0.474 e. The van der Waals surface area contributed by atoms with Crippen LogP contribution in [0.25, 0.3) is 0 Å². The summed E-state index contributed by atoms with van der Waals surface area (Å²) < 4.78 is 0. The molecule has 0 spiro atoms. The smallest absolute Gasteiger partial charge is 0.394 e. The third-order valence-electron chi connectivity index (χ3n) is 2.93. The minimum atomic E-state index is -1.40. The molecule has 1 aromatic carbocycles. The van der Waals surface area contributed by atoms with Gasteiger partial charge in [0.15, 0.2) is 0 Å². The number of fused-ring (bicyclic) bond motifs is 1. The fraction of sp³-hybridized carbons (Fsp3) is 0.385. The van der Waals surface area contributed by atoms with Gasteiger partial charge in [-0.1, -0.05) is 26.0 Å². The zero-order chi connectivity index (χ0) is 13.3. The molecule has 0 radical (unpaired) electrons. The van der Waals surface area contributed by atoms with Gasteiger partial charge in [0.25, 0.3) is 0 Å². The average molecular weight is 265 g/mol. The first-order valence-electron chi connectivity index (χ1n) is 5.88. The number of aryl methyl sites for hydroxylation is 1.